The third-order valence-corrected chi connectivity index (χ3v) is 4.76. The quantitative estimate of drug-likeness (QED) is 0.804. The lowest BCUT2D eigenvalue weighted by Crippen LogP contribution is -2.55. The molecule has 1 aromatic rings. The smallest absolute Gasteiger partial charge is 0.407 e. The minimum absolute atomic E-state index is 0.137. The van der Waals surface area contributed by atoms with Gasteiger partial charge >= 0.3 is 6.09 Å². The number of nitriles is 1. The molecule has 0 bridgehead atoms. The van der Waals surface area contributed by atoms with Gasteiger partial charge in [0.2, 0.25) is 5.28 Å². The predicted molar refractivity (Wildman–Crippen MR) is 95.9 cm³/mol. The first-order valence-electron chi connectivity index (χ1n) is 8.54. The van der Waals surface area contributed by atoms with Crippen molar-refractivity contribution in [1.82, 2.24) is 14.9 Å². The van der Waals surface area contributed by atoms with E-state index in [9.17, 15) is 9.90 Å². The Bertz CT molecular complexity index is 776. The number of hydrogen-bond acceptors (Lipinski definition) is 6. The lowest BCUT2D eigenvalue weighted by atomic mass is 10.00. The highest BCUT2D eigenvalue weighted by molar-refractivity contribution is 6.28. The molecule has 0 aromatic carbocycles. The van der Waals surface area contributed by atoms with Crippen molar-refractivity contribution in [2.75, 3.05) is 31.1 Å². The van der Waals surface area contributed by atoms with Gasteiger partial charge < -0.3 is 19.6 Å². The Morgan fingerprint density at radius 3 is 2.96 bits per heavy atom. The molecule has 1 atom stereocenters. The van der Waals surface area contributed by atoms with Crippen LogP contribution in [0, 0.1) is 11.3 Å². The number of nitrogens with zero attached hydrogens (tertiary/aromatic N) is 5. The van der Waals surface area contributed by atoms with Gasteiger partial charge in [-0.25, -0.2) is 14.8 Å². The Morgan fingerprint density at radius 2 is 2.27 bits per heavy atom. The predicted octanol–water partition coefficient (Wildman–Crippen LogP) is 2.54. The average molecular weight is 378 g/mol. The van der Waals surface area contributed by atoms with Crippen LogP contribution in [-0.2, 0) is 11.2 Å². The van der Waals surface area contributed by atoms with Gasteiger partial charge in [0, 0.05) is 37.7 Å². The minimum atomic E-state index is -1.00. The van der Waals surface area contributed by atoms with Crippen LogP contribution in [0.2, 0.25) is 5.28 Å². The molecule has 8 nitrogen and oxygen atoms in total. The maximum Gasteiger partial charge on any atom is 0.407 e. The van der Waals surface area contributed by atoms with Crippen LogP contribution in [0.3, 0.4) is 0 Å². The van der Waals surface area contributed by atoms with Gasteiger partial charge in [0.25, 0.3) is 0 Å². The van der Waals surface area contributed by atoms with Crippen LogP contribution in [0.25, 0.3) is 6.08 Å². The van der Waals surface area contributed by atoms with E-state index in [1.165, 1.54) is 4.90 Å². The molecule has 2 aliphatic rings. The second kappa shape index (κ2) is 7.79. The van der Waals surface area contributed by atoms with E-state index in [1.807, 2.05) is 17.9 Å². The first kappa shape index (κ1) is 18.3. The Kier molecular flexibility index (Phi) is 5.47. The molecule has 1 saturated heterocycles. The van der Waals surface area contributed by atoms with Gasteiger partial charge in [0.05, 0.1) is 36.6 Å². The van der Waals surface area contributed by atoms with Gasteiger partial charge in [0.15, 0.2) is 0 Å². The maximum atomic E-state index is 11.4. The second-order valence-electron chi connectivity index (χ2n) is 6.16. The zero-order valence-electron chi connectivity index (χ0n) is 14.5. The summed E-state index contributed by atoms with van der Waals surface area (Å²) in [5.74, 6) is 1.60. The molecule has 9 heteroatoms. The van der Waals surface area contributed by atoms with Gasteiger partial charge in [-0.3, -0.25) is 0 Å². The fourth-order valence-corrected chi connectivity index (χ4v) is 3.60. The number of aromatic nitrogens is 2. The molecule has 26 heavy (non-hydrogen) atoms. The Morgan fingerprint density at radius 1 is 1.46 bits per heavy atom. The third kappa shape index (κ3) is 3.68. The van der Waals surface area contributed by atoms with E-state index in [4.69, 9.17) is 21.6 Å². The van der Waals surface area contributed by atoms with Gasteiger partial charge in [-0.15, -0.1) is 0 Å². The molecule has 0 saturated carbocycles. The monoisotopic (exact) mass is 377 g/mol. The van der Waals surface area contributed by atoms with Crippen LogP contribution >= 0.6 is 11.6 Å². The van der Waals surface area contributed by atoms with Crippen LogP contribution in [-0.4, -0.2) is 58.4 Å². The first-order valence-corrected chi connectivity index (χ1v) is 8.92. The van der Waals surface area contributed by atoms with Crippen molar-refractivity contribution < 1.29 is 14.6 Å². The van der Waals surface area contributed by atoms with Crippen molar-refractivity contribution in [3.05, 3.63) is 22.3 Å². The van der Waals surface area contributed by atoms with Crippen molar-refractivity contribution in [3.8, 4) is 6.07 Å². The van der Waals surface area contributed by atoms with Crippen LogP contribution in [0.4, 0.5) is 10.6 Å². The van der Waals surface area contributed by atoms with Crippen LogP contribution in [0.15, 0.2) is 5.76 Å². The lowest BCUT2D eigenvalue weighted by molar-refractivity contribution is 0.119. The highest BCUT2D eigenvalue weighted by Gasteiger charge is 2.32. The average Bonchev–Trinajstić information content (AvgIpc) is 2.61. The Balaban J connectivity index is 1.91. The topological polar surface area (TPSA) is 103 Å². The van der Waals surface area contributed by atoms with E-state index < -0.39 is 12.1 Å². The van der Waals surface area contributed by atoms with Crippen molar-refractivity contribution >= 4 is 29.6 Å². The number of carboxylic acid groups (broad SMARTS) is 1. The summed E-state index contributed by atoms with van der Waals surface area (Å²) in [5, 5.41) is 18.5. The number of piperazine rings is 1. The van der Waals surface area contributed by atoms with Crippen LogP contribution in [0.5, 0.6) is 0 Å². The maximum absolute atomic E-state index is 11.4. The molecule has 0 spiro atoms. The fraction of sp³-hybridized carbons (Fsp3) is 0.529. The summed E-state index contributed by atoms with van der Waals surface area (Å²) in [4.78, 5) is 23.4. The molecule has 1 fully saturated rings. The summed E-state index contributed by atoms with van der Waals surface area (Å²) in [6, 6.07) is 1.68. The number of fused-ring (bicyclic) bond motifs is 1. The number of anilines is 1. The third-order valence-electron chi connectivity index (χ3n) is 4.59. The highest BCUT2D eigenvalue weighted by Crippen LogP contribution is 2.32. The van der Waals surface area contributed by atoms with Gasteiger partial charge in [0.1, 0.15) is 5.82 Å². The molecule has 1 aromatic heterocycles. The van der Waals surface area contributed by atoms with Crippen LogP contribution < -0.4 is 4.90 Å². The summed E-state index contributed by atoms with van der Waals surface area (Å²) >= 11 is 6.13. The largest absolute Gasteiger partial charge is 0.498 e. The number of amides is 1. The normalized spacial score (nSPS) is 19.4. The number of hydrogen-bond donors (Lipinski definition) is 1. The summed E-state index contributed by atoms with van der Waals surface area (Å²) < 4.78 is 5.59. The molecule has 138 valence electrons. The zero-order chi connectivity index (χ0) is 18.7. The summed E-state index contributed by atoms with van der Waals surface area (Å²) in [6.45, 7) is 3.75. The van der Waals surface area contributed by atoms with Gasteiger partial charge in [-0.05, 0) is 24.9 Å². The lowest BCUT2D eigenvalue weighted by Gasteiger charge is -2.40. The van der Waals surface area contributed by atoms with Gasteiger partial charge in [-0.1, -0.05) is 0 Å². The molecule has 1 aliphatic carbocycles. The standard InChI is InChI=1S/C17H20ClN5O3/c1-2-26-12-3-4-13-14(9-12)20-16(18)21-15(13)22-7-8-23(17(24)25)11(10-22)5-6-19/h9,11H,2-5,7-8,10H2,1H3,(H,24,25). The van der Waals surface area contributed by atoms with Gasteiger partial charge in [-0.2, -0.15) is 5.26 Å². The Hall–Kier alpha value is -2.53. The number of allylic oxidation sites excluding steroid dienone is 1. The van der Waals surface area contributed by atoms with Crippen molar-refractivity contribution in [2.24, 2.45) is 0 Å². The van der Waals surface area contributed by atoms with E-state index in [-0.39, 0.29) is 11.7 Å². The van der Waals surface area contributed by atoms with E-state index >= 15 is 0 Å². The van der Waals surface area contributed by atoms with Crippen molar-refractivity contribution in [1.29, 1.82) is 5.26 Å². The summed E-state index contributed by atoms with van der Waals surface area (Å²) in [7, 11) is 0. The second-order valence-corrected chi connectivity index (χ2v) is 6.50. The molecule has 1 aliphatic heterocycles. The summed E-state index contributed by atoms with van der Waals surface area (Å²) in [5.41, 5.74) is 1.73. The van der Waals surface area contributed by atoms with E-state index in [0.29, 0.717) is 26.2 Å². The van der Waals surface area contributed by atoms with E-state index in [2.05, 4.69) is 16.0 Å². The van der Waals surface area contributed by atoms with Crippen LogP contribution in [0.1, 0.15) is 31.0 Å². The Labute approximate surface area is 156 Å². The molecular formula is C17H20ClN5O3. The highest BCUT2D eigenvalue weighted by atomic mass is 35.5. The number of ether oxygens (including phenoxy) is 1. The summed E-state index contributed by atoms with van der Waals surface area (Å²) in [6.07, 6.45) is 2.51. The molecule has 1 unspecified atom stereocenters. The molecule has 1 amide bonds. The number of halogens is 1. The molecular weight excluding hydrogens is 358 g/mol. The molecule has 2 heterocycles. The van der Waals surface area contributed by atoms with E-state index in [1.54, 1.807) is 0 Å². The number of rotatable bonds is 4. The van der Waals surface area contributed by atoms with Crippen molar-refractivity contribution in [3.63, 3.8) is 0 Å². The first-order chi connectivity index (χ1) is 12.5. The molecule has 3 rings (SSSR count). The zero-order valence-corrected chi connectivity index (χ0v) is 15.2. The molecule has 0 radical (unpaired) electrons. The molecule has 1 N–H and O–H groups in total. The number of carbonyl (C=O) groups is 1. The SMILES string of the molecule is CCOC1=Cc2nc(Cl)nc(N3CCN(C(=O)O)C(CC#N)C3)c2CC1. The minimum Gasteiger partial charge on any atom is -0.498 e. The fourth-order valence-electron chi connectivity index (χ4n) is 3.43. The van der Waals surface area contributed by atoms with E-state index in [0.717, 1.165) is 35.7 Å². The van der Waals surface area contributed by atoms with Crippen molar-refractivity contribution in [2.45, 2.75) is 32.2 Å².